The molecule has 0 bridgehead atoms. The topological polar surface area (TPSA) is 455 Å². The zero-order chi connectivity index (χ0) is 61.1. The minimum atomic E-state index is -2.21. The highest BCUT2D eigenvalue weighted by atomic mass is 16.8. The number of hydrogen-bond acceptors (Lipinski definition) is 29. The maximum absolute atomic E-state index is 12.3. The van der Waals surface area contributed by atoms with E-state index in [0.29, 0.717) is 25.4 Å². The number of ether oxygens (including phenoxy) is 12. The van der Waals surface area contributed by atoms with Gasteiger partial charge in [0.05, 0.1) is 64.1 Å². The van der Waals surface area contributed by atoms with Crippen LogP contribution in [0.25, 0.3) is 0 Å². The molecule has 0 aromatic rings. The van der Waals surface area contributed by atoms with E-state index in [1.54, 1.807) is 0 Å². The molecule has 490 valence electrons. The maximum Gasteiger partial charge on any atom is 0.187 e. The molecule has 11 aliphatic rings. The standard InChI is InChI=1S/C56H92O29/c1-19-7-10-56(75-17-19)20(2)31-45(85-56)37(67)32-22-6-5-21-11-26(24(61)12-55(21,4)23(22)8-9-54(31,32)3)76-50-42(72)39(69)44(30(16-60)80-50)81-53-48(47(36(66)29(15-59)79-53)83-49-40(70)33(63)25(62)18-74-49)84-52-43(73)46(35(65)28(14-58)78-52)82-51-41(71)38(68)34(64)27(13-57)77-51/h19-53,57-73H,5-18H2,1-4H3/t19-,20-,21+,22-,23+,24-,25-,26-,27-,28-,29-,30-,31+,32-,33+,34-,35-,36-,37+,38+,39-,40-,41-,42-,43-,44-,45+,46+,47+,48-,49+,50-,51+,52+,53+,54-,55+,56-/m0/s1. The highest BCUT2D eigenvalue weighted by Crippen LogP contribution is 2.71. The van der Waals surface area contributed by atoms with Crippen LogP contribution in [0, 0.1) is 52.3 Å². The van der Waals surface area contributed by atoms with Gasteiger partial charge in [-0.15, -0.1) is 0 Å². The molecule has 29 heteroatoms. The number of aliphatic hydroxyl groups is 17. The molecule has 0 aromatic carbocycles. The number of rotatable bonds is 14. The summed E-state index contributed by atoms with van der Waals surface area (Å²) >= 11 is 0. The first-order valence-electron chi connectivity index (χ1n) is 30.5. The van der Waals surface area contributed by atoms with Crippen molar-refractivity contribution in [2.45, 2.75) is 257 Å². The molecule has 0 unspecified atom stereocenters. The Morgan fingerprint density at radius 3 is 1.67 bits per heavy atom. The average Bonchev–Trinajstić information content (AvgIpc) is 1.59. The summed E-state index contributed by atoms with van der Waals surface area (Å²) in [4.78, 5) is 0. The molecule has 85 heavy (non-hydrogen) atoms. The molecule has 4 saturated carbocycles. The second-order valence-electron chi connectivity index (χ2n) is 26.9. The normalized spacial score (nSPS) is 58.1. The van der Waals surface area contributed by atoms with Gasteiger partial charge in [-0.1, -0.05) is 27.7 Å². The molecule has 7 heterocycles. The van der Waals surface area contributed by atoms with Gasteiger partial charge in [0.25, 0.3) is 0 Å². The Morgan fingerprint density at radius 1 is 0.447 bits per heavy atom. The minimum Gasteiger partial charge on any atom is -0.394 e. The van der Waals surface area contributed by atoms with Gasteiger partial charge in [0.15, 0.2) is 37.2 Å². The van der Waals surface area contributed by atoms with Crippen LogP contribution in [0.1, 0.15) is 79.1 Å². The molecule has 11 fully saturated rings. The molecule has 0 amide bonds. The number of aliphatic hydroxyl groups excluding tert-OH is 17. The summed E-state index contributed by atoms with van der Waals surface area (Å²) < 4.78 is 72.8. The van der Waals surface area contributed by atoms with Gasteiger partial charge in [0.1, 0.15) is 116 Å². The average molecular weight is 1230 g/mol. The van der Waals surface area contributed by atoms with Gasteiger partial charge < -0.3 is 144 Å². The molecule has 29 nitrogen and oxygen atoms in total. The number of hydrogen-bond donors (Lipinski definition) is 17. The fraction of sp³-hybridized carbons (Fsp3) is 1.00. The summed E-state index contributed by atoms with van der Waals surface area (Å²) in [5.74, 6) is 0.388. The largest absolute Gasteiger partial charge is 0.394 e. The van der Waals surface area contributed by atoms with Crippen LogP contribution in [0.15, 0.2) is 0 Å². The van der Waals surface area contributed by atoms with Crippen molar-refractivity contribution in [1.82, 2.24) is 0 Å². The van der Waals surface area contributed by atoms with Crippen molar-refractivity contribution in [3.8, 4) is 0 Å². The van der Waals surface area contributed by atoms with Crippen LogP contribution >= 0.6 is 0 Å². The van der Waals surface area contributed by atoms with E-state index in [9.17, 15) is 86.8 Å². The SMILES string of the molecule is C[C@H]1CC[C@]2(OC1)O[C@H]1[C@H](O)[C@@H]3[C@H]4CC[C@@H]5C[C@H](O[C@H]6O[C@@H](CO)[C@H](O[C@H]7O[C@@H](CO)[C@H](O)[C@@H](O[C@H]8OC[C@H](O)[C@@H](O)[C@@H]8O)[C@@H]7O[C@H]7O[C@@H](CO)[C@H](O)[C@@H](O[C@H]8O[C@@H](CO)[C@H](O)[C@@H](O)[C@@H]8O)[C@@H]7O)[C@@H](O)[C@@H]6O)[C@@H](O)C[C@@]5(C)[C@@H]4CC[C@@]3(C)[C@@H]1[C@@H]2C. The van der Waals surface area contributed by atoms with E-state index < -0.39 is 205 Å². The summed E-state index contributed by atoms with van der Waals surface area (Å²) in [6.07, 6.45) is -42.5. The molecule has 1 spiro atoms. The van der Waals surface area contributed by atoms with Crippen LogP contribution in [0.5, 0.6) is 0 Å². The van der Waals surface area contributed by atoms with E-state index in [-0.39, 0.29) is 52.4 Å². The van der Waals surface area contributed by atoms with Crippen molar-refractivity contribution in [3.63, 3.8) is 0 Å². The quantitative estimate of drug-likeness (QED) is 0.0719. The second kappa shape index (κ2) is 25.4. The van der Waals surface area contributed by atoms with E-state index in [4.69, 9.17) is 56.8 Å². The first-order valence-corrected chi connectivity index (χ1v) is 30.5. The molecule has 4 aliphatic carbocycles. The predicted octanol–water partition coefficient (Wildman–Crippen LogP) is -6.50. The minimum absolute atomic E-state index is 0.00749. The van der Waals surface area contributed by atoms with Crippen LogP contribution < -0.4 is 0 Å². The third-order valence-corrected chi connectivity index (χ3v) is 22.2. The van der Waals surface area contributed by atoms with Crippen LogP contribution in [0.3, 0.4) is 0 Å². The lowest BCUT2D eigenvalue weighted by molar-refractivity contribution is -0.410. The van der Waals surface area contributed by atoms with Gasteiger partial charge in [-0.05, 0) is 85.4 Å². The van der Waals surface area contributed by atoms with Crippen LogP contribution in [-0.4, -0.2) is 304 Å². The molecular formula is C56H92O29. The van der Waals surface area contributed by atoms with Gasteiger partial charge >= 0.3 is 0 Å². The van der Waals surface area contributed by atoms with Crippen molar-refractivity contribution in [2.24, 2.45) is 52.3 Å². The van der Waals surface area contributed by atoms with Crippen molar-refractivity contribution < 1.29 is 144 Å². The smallest absolute Gasteiger partial charge is 0.187 e. The zero-order valence-corrected chi connectivity index (χ0v) is 48.1. The monoisotopic (exact) mass is 1230 g/mol. The molecule has 0 radical (unpaired) electrons. The van der Waals surface area contributed by atoms with Crippen molar-refractivity contribution >= 4 is 0 Å². The van der Waals surface area contributed by atoms with Gasteiger partial charge in [-0.2, -0.15) is 0 Å². The molecule has 17 N–H and O–H groups in total. The molecular weight excluding hydrogens is 1140 g/mol. The van der Waals surface area contributed by atoms with Gasteiger partial charge in [0.2, 0.25) is 0 Å². The van der Waals surface area contributed by atoms with E-state index in [0.717, 1.165) is 38.5 Å². The molecule has 11 rings (SSSR count). The Bertz CT molecular complexity index is 2220. The lowest BCUT2D eigenvalue weighted by Gasteiger charge is -2.62. The molecule has 7 saturated heterocycles. The van der Waals surface area contributed by atoms with E-state index in [1.807, 2.05) is 0 Å². The van der Waals surface area contributed by atoms with Crippen LogP contribution in [0.4, 0.5) is 0 Å². The zero-order valence-electron chi connectivity index (χ0n) is 48.1. The fourth-order valence-corrected chi connectivity index (χ4v) is 17.4. The van der Waals surface area contributed by atoms with Gasteiger partial charge in [0, 0.05) is 18.3 Å². The Hall–Kier alpha value is -1.16. The van der Waals surface area contributed by atoms with E-state index in [2.05, 4.69) is 27.7 Å². The summed E-state index contributed by atoms with van der Waals surface area (Å²) in [6, 6.07) is 0. The van der Waals surface area contributed by atoms with Crippen molar-refractivity contribution in [2.75, 3.05) is 39.6 Å². The van der Waals surface area contributed by atoms with Crippen LogP contribution in [0.2, 0.25) is 0 Å². The lowest BCUT2D eigenvalue weighted by Crippen LogP contribution is -2.69. The molecule has 0 aromatic heterocycles. The third kappa shape index (κ3) is 11.3. The summed E-state index contributed by atoms with van der Waals surface area (Å²) in [5, 5.41) is 188. The van der Waals surface area contributed by atoms with Crippen LogP contribution in [-0.2, 0) is 56.8 Å². The summed E-state index contributed by atoms with van der Waals surface area (Å²) in [5.41, 5.74) is -0.531. The fourth-order valence-electron chi connectivity index (χ4n) is 17.4. The second-order valence-corrected chi connectivity index (χ2v) is 26.9. The highest BCUT2D eigenvalue weighted by molar-refractivity contribution is 5.19. The highest BCUT2D eigenvalue weighted by Gasteiger charge is 2.73. The third-order valence-electron chi connectivity index (χ3n) is 22.2. The summed E-state index contributed by atoms with van der Waals surface area (Å²) in [6.45, 7) is 5.21. The predicted molar refractivity (Wildman–Crippen MR) is 278 cm³/mol. The lowest BCUT2D eigenvalue weighted by atomic mass is 9.44. The van der Waals surface area contributed by atoms with E-state index in [1.165, 1.54) is 0 Å². The summed E-state index contributed by atoms with van der Waals surface area (Å²) in [7, 11) is 0. The Morgan fingerprint density at radius 2 is 1.01 bits per heavy atom. The van der Waals surface area contributed by atoms with Gasteiger partial charge in [-0.3, -0.25) is 0 Å². The molecule has 38 atom stereocenters. The first-order chi connectivity index (χ1) is 40.3. The molecule has 7 aliphatic heterocycles. The van der Waals surface area contributed by atoms with Crippen molar-refractivity contribution in [3.05, 3.63) is 0 Å². The Kier molecular flexibility index (Phi) is 19.5. The first kappa shape index (κ1) is 65.3. The number of fused-ring (bicyclic) bond motifs is 7. The van der Waals surface area contributed by atoms with Gasteiger partial charge in [-0.25, -0.2) is 0 Å². The van der Waals surface area contributed by atoms with E-state index >= 15 is 0 Å². The van der Waals surface area contributed by atoms with Crippen molar-refractivity contribution in [1.29, 1.82) is 0 Å². The maximum atomic E-state index is 12.3. The Labute approximate surface area is 491 Å². The Balaban J connectivity index is 0.797.